The van der Waals surface area contributed by atoms with E-state index in [-0.39, 0.29) is 29.3 Å². The first-order chi connectivity index (χ1) is 14.8. The van der Waals surface area contributed by atoms with Crippen molar-refractivity contribution >= 4 is 37.3 Å². The zero-order valence-electron chi connectivity index (χ0n) is 17.1. The van der Waals surface area contributed by atoms with E-state index in [4.69, 9.17) is 0 Å². The SMILES string of the molecule is Cc1nn(-c2ccc(F)cc2)c2sc(C(=O)N3CCN([C@@H]4CCS(=O)(=O)C4)CC3)cc12. The number of hydrogen-bond acceptors (Lipinski definition) is 6. The summed E-state index contributed by atoms with van der Waals surface area (Å²) in [6, 6.07) is 8.10. The zero-order chi connectivity index (χ0) is 21.8. The first kappa shape index (κ1) is 20.6. The fourth-order valence-corrected chi connectivity index (χ4v) is 7.33. The number of fused-ring (bicyclic) bond motifs is 1. The summed E-state index contributed by atoms with van der Waals surface area (Å²) < 4.78 is 38.6. The quantitative estimate of drug-likeness (QED) is 0.598. The van der Waals surface area contributed by atoms with E-state index in [1.165, 1.54) is 23.5 Å². The molecule has 0 bridgehead atoms. The minimum atomic E-state index is -2.91. The molecular formula is C21H23FN4O3S2. The lowest BCUT2D eigenvalue weighted by atomic mass is 10.2. The summed E-state index contributed by atoms with van der Waals surface area (Å²) in [7, 11) is -2.91. The fraction of sp³-hybridized carbons (Fsp3) is 0.429. The Kier molecular flexibility index (Phi) is 5.10. The summed E-state index contributed by atoms with van der Waals surface area (Å²) in [5.41, 5.74) is 1.57. The van der Waals surface area contributed by atoms with Crippen molar-refractivity contribution < 1.29 is 17.6 Å². The van der Waals surface area contributed by atoms with Crippen molar-refractivity contribution in [3.8, 4) is 5.69 Å². The number of rotatable bonds is 3. The molecule has 7 nitrogen and oxygen atoms in total. The molecule has 3 aromatic rings. The van der Waals surface area contributed by atoms with E-state index < -0.39 is 9.84 Å². The maximum absolute atomic E-state index is 13.3. The Bertz CT molecular complexity index is 1240. The Morgan fingerprint density at radius 3 is 2.52 bits per heavy atom. The van der Waals surface area contributed by atoms with Crippen molar-refractivity contribution in [2.45, 2.75) is 19.4 Å². The number of amides is 1. The summed E-state index contributed by atoms with van der Waals surface area (Å²) in [5, 5.41) is 5.48. The van der Waals surface area contributed by atoms with Gasteiger partial charge < -0.3 is 4.90 Å². The van der Waals surface area contributed by atoms with Crippen LogP contribution in [0.25, 0.3) is 15.9 Å². The molecule has 1 amide bonds. The number of thiophene rings is 1. The molecule has 0 N–H and O–H groups in total. The molecule has 1 aromatic carbocycles. The lowest BCUT2D eigenvalue weighted by Gasteiger charge is -2.37. The van der Waals surface area contributed by atoms with Gasteiger partial charge in [-0.25, -0.2) is 17.5 Å². The first-order valence-corrected chi connectivity index (χ1v) is 12.9. The molecule has 2 fully saturated rings. The highest BCUT2D eigenvalue weighted by molar-refractivity contribution is 7.91. The summed E-state index contributed by atoms with van der Waals surface area (Å²) >= 11 is 1.39. The van der Waals surface area contributed by atoms with Crippen LogP contribution in [0.15, 0.2) is 30.3 Å². The van der Waals surface area contributed by atoms with Gasteiger partial charge in [0.25, 0.3) is 5.91 Å². The van der Waals surface area contributed by atoms with Crippen LogP contribution in [0.5, 0.6) is 0 Å². The van der Waals surface area contributed by atoms with Crippen molar-refractivity contribution in [2.24, 2.45) is 0 Å². The third kappa shape index (κ3) is 3.88. The minimum Gasteiger partial charge on any atom is -0.335 e. The number of aromatic nitrogens is 2. The van der Waals surface area contributed by atoms with Gasteiger partial charge in [0, 0.05) is 37.6 Å². The van der Waals surface area contributed by atoms with E-state index in [0.717, 1.165) is 21.6 Å². The third-order valence-electron chi connectivity index (χ3n) is 6.15. The molecule has 0 spiro atoms. The molecule has 164 valence electrons. The Balaban J connectivity index is 1.33. The molecule has 5 rings (SSSR count). The molecule has 0 radical (unpaired) electrons. The largest absolute Gasteiger partial charge is 0.335 e. The van der Waals surface area contributed by atoms with E-state index in [1.807, 2.05) is 17.9 Å². The number of sulfone groups is 1. The summed E-state index contributed by atoms with van der Waals surface area (Å²) in [5.74, 6) is 0.185. The molecule has 2 saturated heterocycles. The van der Waals surface area contributed by atoms with E-state index in [9.17, 15) is 17.6 Å². The summed E-state index contributed by atoms with van der Waals surface area (Å²) in [6.07, 6.45) is 0.686. The maximum Gasteiger partial charge on any atom is 0.264 e. The van der Waals surface area contributed by atoms with Gasteiger partial charge in [-0.2, -0.15) is 5.10 Å². The van der Waals surface area contributed by atoms with E-state index in [1.54, 1.807) is 16.8 Å². The normalized spacial score (nSPS) is 21.7. The lowest BCUT2D eigenvalue weighted by Crippen LogP contribution is -2.52. The van der Waals surface area contributed by atoms with Crippen LogP contribution >= 0.6 is 11.3 Å². The Hall–Kier alpha value is -2.30. The number of hydrogen-bond donors (Lipinski definition) is 0. The van der Waals surface area contributed by atoms with Crippen LogP contribution in [-0.2, 0) is 9.84 Å². The van der Waals surface area contributed by atoms with Gasteiger partial charge in [-0.3, -0.25) is 9.69 Å². The molecule has 0 unspecified atom stereocenters. The molecule has 4 heterocycles. The topological polar surface area (TPSA) is 75.5 Å². The standard InChI is InChI=1S/C21H23FN4O3S2/c1-14-18-12-19(30-21(18)26(23-14)16-4-2-15(22)3-5-16)20(27)25-9-7-24(8-10-25)17-6-11-31(28,29)13-17/h2-5,12,17H,6-11,13H2,1H3/t17-/m1/s1. The van der Waals surface area contributed by atoms with Crippen molar-refractivity contribution in [3.05, 3.63) is 46.7 Å². The van der Waals surface area contributed by atoms with Gasteiger partial charge in [0.2, 0.25) is 0 Å². The maximum atomic E-state index is 13.3. The van der Waals surface area contributed by atoms with Crippen LogP contribution in [0.1, 0.15) is 21.8 Å². The Morgan fingerprint density at radius 1 is 1.16 bits per heavy atom. The number of carbonyl (C=O) groups is 1. The smallest absolute Gasteiger partial charge is 0.264 e. The van der Waals surface area contributed by atoms with E-state index in [0.29, 0.717) is 37.5 Å². The van der Waals surface area contributed by atoms with Gasteiger partial charge in [-0.05, 0) is 43.7 Å². The van der Waals surface area contributed by atoms with Gasteiger partial charge in [0.15, 0.2) is 9.84 Å². The van der Waals surface area contributed by atoms with Gasteiger partial charge in [-0.15, -0.1) is 11.3 Å². The number of carbonyl (C=O) groups excluding carboxylic acids is 1. The lowest BCUT2D eigenvalue weighted by molar-refractivity contribution is 0.0592. The van der Waals surface area contributed by atoms with Crippen LogP contribution < -0.4 is 0 Å². The number of halogens is 1. The number of piperazine rings is 1. The molecule has 2 aromatic heterocycles. The van der Waals surface area contributed by atoms with Crippen LogP contribution in [0.3, 0.4) is 0 Å². The van der Waals surface area contributed by atoms with Crippen LogP contribution in [-0.4, -0.2) is 77.6 Å². The third-order valence-corrected chi connectivity index (χ3v) is 9.00. The van der Waals surface area contributed by atoms with Crippen molar-refractivity contribution in [3.63, 3.8) is 0 Å². The van der Waals surface area contributed by atoms with Crippen LogP contribution in [0.4, 0.5) is 4.39 Å². The van der Waals surface area contributed by atoms with Crippen molar-refractivity contribution in [2.75, 3.05) is 37.7 Å². The highest BCUT2D eigenvalue weighted by Gasteiger charge is 2.34. The molecule has 0 saturated carbocycles. The molecule has 31 heavy (non-hydrogen) atoms. The van der Waals surface area contributed by atoms with Gasteiger partial charge >= 0.3 is 0 Å². The molecule has 10 heteroatoms. The second-order valence-electron chi connectivity index (χ2n) is 8.19. The summed E-state index contributed by atoms with van der Waals surface area (Å²) in [4.78, 5) is 18.7. The second kappa shape index (κ2) is 7.68. The van der Waals surface area contributed by atoms with Crippen LogP contribution in [0.2, 0.25) is 0 Å². The van der Waals surface area contributed by atoms with Gasteiger partial charge in [0.1, 0.15) is 10.6 Å². The molecule has 2 aliphatic rings. The van der Waals surface area contributed by atoms with Gasteiger partial charge in [0.05, 0.1) is 27.8 Å². The Morgan fingerprint density at radius 2 is 1.87 bits per heavy atom. The fourth-order valence-electron chi connectivity index (χ4n) is 4.42. The predicted molar refractivity (Wildman–Crippen MR) is 118 cm³/mol. The van der Waals surface area contributed by atoms with Crippen LogP contribution in [0, 0.1) is 12.7 Å². The van der Waals surface area contributed by atoms with E-state index in [2.05, 4.69) is 10.00 Å². The number of benzene rings is 1. The molecule has 0 aliphatic carbocycles. The number of nitrogens with zero attached hydrogens (tertiary/aromatic N) is 4. The molecule has 2 aliphatic heterocycles. The van der Waals surface area contributed by atoms with Gasteiger partial charge in [-0.1, -0.05) is 0 Å². The second-order valence-corrected chi connectivity index (χ2v) is 11.4. The predicted octanol–water partition coefficient (Wildman–Crippen LogP) is 2.48. The first-order valence-electron chi connectivity index (χ1n) is 10.3. The highest BCUT2D eigenvalue weighted by Crippen LogP contribution is 2.31. The number of aryl methyl sites for hydroxylation is 1. The van der Waals surface area contributed by atoms with E-state index >= 15 is 0 Å². The molecule has 1 atom stereocenters. The van der Waals surface area contributed by atoms with Crippen molar-refractivity contribution in [1.82, 2.24) is 19.6 Å². The average Bonchev–Trinajstić information content (AvgIpc) is 3.43. The monoisotopic (exact) mass is 462 g/mol. The average molecular weight is 463 g/mol. The van der Waals surface area contributed by atoms with Crippen molar-refractivity contribution in [1.29, 1.82) is 0 Å². The minimum absolute atomic E-state index is 0.00931. The molecular weight excluding hydrogens is 439 g/mol. The Labute approximate surface area is 184 Å². The summed E-state index contributed by atoms with van der Waals surface area (Å²) in [6.45, 7) is 4.47. The highest BCUT2D eigenvalue weighted by atomic mass is 32.2. The zero-order valence-corrected chi connectivity index (χ0v) is 18.8.